The lowest BCUT2D eigenvalue weighted by Crippen LogP contribution is -2.63. The van der Waals surface area contributed by atoms with E-state index in [1.165, 1.54) is 7.05 Å². The number of likely N-dealkylation sites (tertiary alicyclic amines) is 1. The number of fused-ring (bicyclic) bond motifs is 5. The zero-order chi connectivity index (χ0) is 43.2. The number of rotatable bonds is 10. The first kappa shape index (κ1) is 44.0. The van der Waals surface area contributed by atoms with Gasteiger partial charge in [0.15, 0.2) is 0 Å². The largest absolute Gasteiger partial charge is 0.343 e. The van der Waals surface area contributed by atoms with Gasteiger partial charge in [-0.15, -0.1) is 6.58 Å². The predicted octanol–water partition coefficient (Wildman–Crippen LogP) is 3.62. The lowest BCUT2D eigenvalue weighted by molar-refractivity contribution is -0.145. The topological polar surface area (TPSA) is 177 Å². The number of hydrogen-bond donors (Lipinski definition) is 4. The molecule has 14 nitrogen and oxygen atoms in total. The van der Waals surface area contributed by atoms with E-state index in [1.807, 2.05) is 20.8 Å². The summed E-state index contributed by atoms with van der Waals surface area (Å²) in [4.78, 5) is 77.0. The fourth-order valence-corrected chi connectivity index (χ4v) is 14.1. The predicted molar refractivity (Wildman–Crippen MR) is 224 cm³/mol. The highest BCUT2D eigenvalue weighted by Gasteiger charge is 2.88. The molecule has 3 unspecified atom stereocenters. The first-order valence-corrected chi connectivity index (χ1v) is 23.9. The molecule has 4 N–H and O–H groups in total. The summed E-state index contributed by atoms with van der Waals surface area (Å²) in [6.07, 6.45) is 11.4. The molecule has 0 aromatic rings. The van der Waals surface area contributed by atoms with Crippen molar-refractivity contribution in [3.8, 4) is 0 Å². The van der Waals surface area contributed by atoms with Gasteiger partial charge in [-0.3, -0.25) is 28.9 Å². The zero-order valence-electron chi connectivity index (χ0n) is 37.0. The standard InChI is InChI=1S/C44H71N7O7S/c1-11-29-23-44(29,39(56)48-59(57,58)49(10)26(2)3)47-36(53)32-24-43-25-51(32)38(55)34(40(6,7)8)46-37(54)33(45-35(52)31-18-12-13-21-50(31)27(4)5)28-16-14-17-30(22-28)41(43,9)42(43)19-15-20-42/h11,26-34H,1,12-25H2,2-10H3,(H,45,52)(H,46,54)(H,47,53)(H,48,56)/t28?,29-,30?,31-,32+,33+,34-,41?,43-,44-/m1/s1. The van der Waals surface area contributed by atoms with Crippen LogP contribution in [0.25, 0.3) is 0 Å². The van der Waals surface area contributed by atoms with Gasteiger partial charge in [0.1, 0.15) is 23.7 Å². The lowest BCUT2D eigenvalue weighted by Gasteiger charge is -2.43. The number of nitrogens with zero attached hydrogens (tertiary/aromatic N) is 3. The summed E-state index contributed by atoms with van der Waals surface area (Å²) in [6, 6.07) is -3.32. The molecule has 0 aromatic heterocycles. The normalized spacial score (nSPS) is 38.1. The van der Waals surface area contributed by atoms with E-state index in [9.17, 15) is 27.6 Å². The molecule has 15 heteroatoms. The number of carbonyl (C=O) groups is 5. The van der Waals surface area contributed by atoms with Crippen LogP contribution in [0.4, 0.5) is 0 Å². The Bertz CT molecular complexity index is 1860. The van der Waals surface area contributed by atoms with Crippen LogP contribution < -0.4 is 20.7 Å². The Morgan fingerprint density at radius 2 is 1.64 bits per heavy atom. The Kier molecular flexibility index (Phi) is 11.3. The Hall–Kier alpha value is -3.04. The first-order chi connectivity index (χ1) is 27.5. The molecule has 7 fully saturated rings. The molecule has 2 spiro atoms. The molecular formula is C44H71N7O7S. The molecule has 3 saturated heterocycles. The molecule has 0 aromatic carbocycles. The van der Waals surface area contributed by atoms with Crippen molar-refractivity contribution < 1.29 is 32.4 Å². The quantitative estimate of drug-likeness (QED) is 0.241. The van der Waals surface area contributed by atoms with Gasteiger partial charge >= 0.3 is 10.2 Å². The van der Waals surface area contributed by atoms with Crippen molar-refractivity contribution in [2.24, 2.45) is 39.4 Å². The van der Waals surface area contributed by atoms with E-state index in [0.29, 0.717) is 13.0 Å². The second kappa shape index (κ2) is 15.1. The highest BCUT2D eigenvalue weighted by molar-refractivity contribution is 7.87. The van der Waals surface area contributed by atoms with E-state index in [1.54, 1.807) is 24.8 Å². The number of carbonyl (C=O) groups excluding carboxylic acids is 5. The summed E-state index contributed by atoms with van der Waals surface area (Å²) in [7, 11) is -2.82. The number of piperidine rings is 1. The minimum absolute atomic E-state index is 0.0742. The Morgan fingerprint density at radius 1 is 0.949 bits per heavy atom. The van der Waals surface area contributed by atoms with Crippen molar-refractivity contribution in [2.75, 3.05) is 20.1 Å². The summed E-state index contributed by atoms with van der Waals surface area (Å²) in [5.41, 5.74) is -2.95. The highest BCUT2D eigenvalue weighted by atomic mass is 32.2. The second-order valence-corrected chi connectivity index (χ2v) is 23.0. The summed E-state index contributed by atoms with van der Waals surface area (Å²) in [5, 5.41) is 9.41. The van der Waals surface area contributed by atoms with Crippen LogP contribution in [-0.2, 0) is 34.2 Å². The summed E-state index contributed by atoms with van der Waals surface area (Å²) < 4.78 is 29.6. The summed E-state index contributed by atoms with van der Waals surface area (Å²) in [6.45, 7) is 20.7. The van der Waals surface area contributed by atoms with Crippen LogP contribution in [0.3, 0.4) is 0 Å². The summed E-state index contributed by atoms with van der Waals surface area (Å²) in [5.74, 6) is -2.59. The molecule has 7 rings (SSSR count). The molecule has 3 heterocycles. The third-order valence-electron chi connectivity index (χ3n) is 16.9. The first-order valence-electron chi connectivity index (χ1n) is 22.4. The van der Waals surface area contributed by atoms with Gasteiger partial charge in [-0.25, -0.2) is 4.72 Å². The van der Waals surface area contributed by atoms with Crippen LogP contribution in [0.1, 0.15) is 132 Å². The second-order valence-electron chi connectivity index (χ2n) is 21.2. The Balaban J connectivity index is 1.24. The van der Waals surface area contributed by atoms with Crippen LogP contribution in [0, 0.1) is 39.4 Å². The van der Waals surface area contributed by atoms with Gasteiger partial charge in [-0.1, -0.05) is 53.0 Å². The highest BCUT2D eigenvalue weighted by Crippen LogP contribution is 2.91. The number of nitrogens with one attached hydrogen (secondary N) is 4. The molecular weight excluding hydrogens is 771 g/mol. The van der Waals surface area contributed by atoms with E-state index < -0.39 is 63.1 Å². The van der Waals surface area contributed by atoms with E-state index in [2.05, 4.69) is 52.9 Å². The van der Waals surface area contributed by atoms with Crippen LogP contribution in [0.2, 0.25) is 0 Å². The van der Waals surface area contributed by atoms with Crippen LogP contribution >= 0.6 is 0 Å². The lowest BCUT2D eigenvalue weighted by atomic mass is 9.65. The van der Waals surface area contributed by atoms with Crippen molar-refractivity contribution in [3.63, 3.8) is 0 Å². The van der Waals surface area contributed by atoms with E-state index in [-0.39, 0.29) is 64.3 Å². The van der Waals surface area contributed by atoms with Crippen molar-refractivity contribution in [3.05, 3.63) is 12.7 Å². The maximum atomic E-state index is 15.3. The van der Waals surface area contributed by atoms with E-state index >= 15 is 4.79 Å². The molecule has 7 aliphatic rings. The molecule has 10 atom stereocenters. The molecule has 4 bridgehead atoms. The third-order valence-corrected chi connectivity index (χ3v) is 18.5. The third kappa shape index (κ3) is 6.85. The van der Waals surface area contributed by atoms with Crippen molar-refractivity contribution in [2.45, 2.75) is 174 Å². The number of amides is 5. The molecule has 3 aliphatic heterocycles. The Labute approximate surface area is 352 Å². The van der Waals surface area contributed by atoms with Crippen molar-refractivity contribution in [1.82, 2.24) is 34.8 Å². The van der Waals surface area contributed by atoms with Crippen molar-refractivity contribution in [1.29, 1.82) is 0 Å². The van der Waals surface area contributed by atoms with Gasteiger partial charge in [0.2, 0.25) is 23.6 Å². The average molecular weight is 842 g/mol. The molecule has 59 heavy (non-hydrogen) atoms. The molecule has 5 amide bonds. The monoisotopic (exact) mass is 842 g/mol. The number of hydrogen-bond acceptors (Lipinski definition) is 8. The van der Waals surface area contributed by atoms with Crippen LogP contribution in [0.5, 0.6) is 0 Å². The minimum atomic E-state index is -4.21. The van der Waals surface area contributed by atoms with Gasteiger partial charge in [0.25, 0.3) is 5.91 Å². The minimum Gasteiger partial charge on any atom is -0.343 e. The Morgan fingerprint density at radius 3 is 2.22 bits per heavy atom. The SMILES string of the molecule is C=C[C@@H]1C[C@]1(NC(=O)[C@@H]1C[C@@]23CN1C(=O)[C@H](C(C)(C)C)NC(=O)[C@@H](NC(=O)[C@H]1CCCCN1C(C)C)C1CCCC(C1)C2(C)C31CCC1)C(=O)NS(=O)(=O)N(C)C(C)C. The maximum Gasteiger partial charge on any atom is 0.303 e. The van der Waals surface area contributed by atoms with E-state index in [0.717, 1.165) is 75.1 Å². The van der Waals surface area contributed by atoms with Gasteiger partial charge in [-0.05, 0) is 120 Å². The van der Waals surface area contributed by atoms with Gasteiger partial charge < -0.3 is 20.9 Å². The van der Waals surface area contributed by atoms with Crippen molar-refractivity contribution >= 4 is 39.7 Å². The van der Waals surface area contributed by atoms with Gasteiger partial charge in [0.05, 0.1) is 6.04 Å². The fourth-order valence-electron chi connectivity index (χ4n) is 13.0. The molecule has 4 aliphatic carbocycles. The molecule has 330 valence electrons. The van der Waals surface area contributed by atoms with E-state index in [4.69, 9.17) is 0 Å². The maximum absolute atomic E-state index is 15.3. The zero-order valence-corrected chi connectivity index (χ0v) is 37.8. The smallest absolute Gasteiger partial charge is 0.303 e. The van der Waals surface area contributed by atoms with Gasteiger partial charge in [0, 0.05) is 37.0 Å². The van der Waals surface area contributed by atoms with Crippen LogP contribution in [-0.4, -0.2) is 114 Å². The molecule has 0 radical (unpaired) electrons. The fraction of sp³-hybridized carbons (Fsp3) is 0.841. The van der Waals surface area contributed by atoms with Crippen LogP contribution in [0.15, 0.2) is 12.7 Å². The average Bonchev–Trinajstić information content (AvgIpc) is 3.91. The summed E-state index contributed by atoms with van der Waals surface area (Å²) >= 11 is 0. The molecule has 4 saturated carbocycles. The van der Waals surface area contributed by atoms with Gasteiger partial charge in [-0.2, -0.15) is 12.7 Å².